The highest BCUT2D eigenvalue weighted by atomic mass is 19.1. The van der Waals surface area contributed by atoms with Gasteiger partial charge in [0.15, 0.2) is 0 Å². The van der Waals surface area contributed by atoms with Crippen LogP contribution in [0.2, 0.25) is 0 Å². The van der Waals surface area contributed by atoms with Crippen molar-refractivity contribution >= 4 is 17.5 Å². The Morgan fingerprint density at radius 1 is 1.16 bits per heavy atom. The molecule has 4 unspecified atom stereocenters. The number of likely N-dealkylation sites (N-methyl/N-ethyl adjacent to an activating group) is 1. The van der Waals surface area contributed by atoms with Gasteiger partial charge in [0.05, 0.1) is 0 Å². The maximum Gasteiger partial charge on any atom is 0.246 e. The van der Waals surface area contributed by atoms with E-state index in [0.29, 0.717) is 41.8 Å². The van der Waals surface area contributed by atoms with Crippen molar-refractivity contribution in [2.24, 2.45) is 34.5 Å². The van der Waals surface area contributed by atoms with Gasteiger partial charge in [0.2, 0.25) is 11.8 Å². The molecule has 0 spiro atoms. The van der Waals surface area contributed by atoms with E-state index in [1.54, 1.807) is 18.2 Å². The number of fused-ring (bicyclic) bond motifs is 5. The summed E-state index contributed by atoms with van der Waals surface area (Å²) >= 11 is 0. The number of halogens is 1. The van der Waals surface area contributed by atoms with Crippen LogP contribution in [-0.2, 0) is 9.59 Å². The zero-order chi connectivity index (χ0) is 22.7. The molecule has 3 aliphatic carbocycles. The van der Waals surface area contributed by atoms with Gasteiger partial charge in [-0.3, -0.25) is 9.59 Å². The summed E-state index contributed by atoms with van der Waals surface area (Å²) in [7, 11) is 1.96. The lowest BCUT2D eigenvalue weighted by Crippen LogP contribution is -2.59. The molecule has 4 nitrogen and oxygen atoms in total. The number of hydrogen-bond donors (Lipinski definition) is 1. The smallest absolute Gasteiger partial charge is 0.246 e. The highest BCUT2D eigenvalue weighted by molar-refractivity contribution is 5.91. The fraction of sp³-hybridized carbons (Fsp3) is 0.630. The van der Waals surface area contributed by atoms with Crippen LogP contribution in [-0.4, -0.2) is 29.8 Å². The summed E-state index contributed by atoms with van der Waals surface area (Å²) in [5.41, 5.74) is 0.774. The highest BCUT2D eigenvalue weighted by Crippen LogP contribution is 2.65. The second-order valence-corrected chi connectivity index (χ2v) is 11.2. The first-order valence-electron chi connectivity index (χ1n) is 12.2. The Hall–Kier alpha value is -2.17. The van der Waals surface area contributed by atoms with Gasteiger partial charge in [0.25, 0.3) is 0 Å². The minimum Gasteiger partial charge on any atom is -0.338 e. The van der Waals surface area contributed by atoms with Crippen molar-refractivity contribution in [3.8, 4) is 0 Å². The minimum absolute atomic E-state index is 0.00406. The van der Waals surface area contributed by atoms with Gasteiger partial charge in [-0.05, 0) is 91.9 Å². The third-order valence-corrected chi connectivity index (χ3v) is 9.86. The Kier molecular flexibility index (Phi) is 5.22. The number of benzene rings is 1. The first-order chi connectivity index (χ1) is 15.2. The number of amides is 2. The predicted molar refractivity (Wildman–Crippen MR) is 123 cm³/mol. The van der Waals surface area contributed by atoms with Crippen molar-refractivity contribution in [1.82, 2.24) is 4.90 Å². The van der Waals surface area contributed by atoms with Crippen molar-refractivity contribution in [3.05, 3.63) is 42.2 Å². The quantitative estimate of drug-likeness (QED) is 0.686. The van der Waals surface area contributed by atoms with Crippen LogP contribution in [0.1, 0.15) is 58.8 Å². The number of nitrogens with one attached hydrogen (secondary N) is 1. The average Bonchev–Trinajstić information content (AvgIpc) is 3.07. The molecule has 172 valence electrons. The van der Waals surface area contributed by atoms with E-state index in [1.807, 2.05) is 11.9 Å². The fourth-order valence-electron chi connectivity index (χ4n) is 8.18. The van der Waals surface area contributed by atoms with Crippen LogP contribution in [0.25, 0.3) is 0 Å². The van der Waals surface area contributed by atoms with Crippen molar-refractivity contribution in [2.75, 3.05) is 12.4 Å². The van der Waals surface area contributed by atoms with Crippen molar-refractivity contribution < 1.29 is 14.0 Å². The summed E-state index contributed by atoms with van der Waals surface area (Å²) in [5.74, 6) is 2.08. The second kappa shape index (κ2) is 7.71. The number of anilines is 1. The molecule has 4 aliphatic rings. The molecule has 1 aliphatic heterocycles. The van der Waals surface area contributed by atoms with Crippen LogP contribution in [0.15, 0.2) is 36.4 Å². The molecule has 1 heterocycles. The predicted octanol–water partition coefficient (Wildman–Crippen LogP) is 5.41. The van der Waals surface area contributed by atoms with Crippen LogP contribution < -0.4 is 5.32 Å². The summed E-state index contributed by atoms with van der Waals surface area (Å²) < 4.78 is 13.5. The zero-order valence-corrected chi connectivity index (χ0v) is 19.4. The van der Waals surface area contributed by atoms with Crippen LogP contribution >= 0.6 is 0 Å². The molecule has 1 N–H and O–H groups in total. The average molecular weight is 439 g/mol. The molecular formula is C27H35FN2O2. The van der Waals surface area contributed by atoms with E-state index in [-0.39, 0.29) is 28.5 Å². The molecular weight excluding hydrogens is 403 g/mol. The number of carbonyl (C=O) groups is 2. The van der Waals surface area contributed by atoms with Gasteiger partial charge in [-0.15, -0.1) is 0 Å². The molecule has 7 atom stereocenters. The summed E-state index contributed by atoms with van der Waals surface area (Å²) in [6.45, 7) is 4.79. The zero-order valence-electron chi connectivity index (χ0n) is 19.4. The Morgan fingerprint density at radius 2 is 1.97 bits per heavy atom. The van der Waals surface area contributed by atoms with Gasteiger partial charge in [0.1, 0.15) is 5.82 Å². The lowest BCUT2D eigenvalue weighted by Gasteiger charge is -2.60. The van der Waals surface area contributed by atoms with Crippen molar-refractivity contribution in [2.45, 2.75) is 64.8 Å². The molecule has 3 saturated carbocycles. The fourth-order valence-corrected chi connectivity index (χ4v) is 8.18. The van der Waals surface area contributed by atoms with E-state index in [2.05, 4.69) is 25.2 Å². The maximum atomic E-state index is 13.5. The standard InChI is InChI=1S/C27H35FN2O2/c1-26-13-11-22-20(8-10-23-27(22,2)14-12-25(32)30(23)3)21(26)9-7-17(26)15-24(31)29-19-6-4-5-18(28)16-19/h4-6,12,14,16-17,20-23H,7-11,13,15H2,1-3H3,(H,29,31)/t17-,20?,21?,22?,23?,26-,27-/m1/s1. The number of carbonyl (C=O) groups excluding carboxylic acids is 2. The summed E-state index contributed by atoms with van der Waals surface area (Å²) in [6, 6.07) is 6.44. The molecule has 0 saturated heterocycles. The lowest BCUT2D eigenvalue weighted by molar-refractivity contribution is -0.139. The summed E-state index contributed by atoms with van der Waals surface area (Å²) in [5, 5.41) is 2.91. The third kappa shape index (κ3) is 3.31. The first-order valence-corrected chi connectivity index (χ1v) is 12.2. The van der Waals surface area contributed by atoms with E-state index in [9.17, 15) is 14.0 Å². The van der Waals surface area contributed by atoms with E-state index >= 15 is 0 Å². The van der Waals surface area contributed by atoms with Crippen LogP contribution in [0.5, 0.6) is 0 Å². The summed E-state index contributed by atoms with van der Waals surface area (Å²) in [4.78, 5) is 27.0. The van der Waals surface area contributed by atoms with Gasteiger partial charge in [-0.1, -0.05) is 26.0 Å². The molecule has 1 aromatic carbocycles. The molecule has 2 amide bonds. The lowest BCUT2D eigenvalue weighted by atomic mass is 9.47. The van der Waals surface area contributed by atoms with E-state index in [4.69, 9.17) is 0 Å². The molecule has 1 aromatic rings. The Morgan fingerprint density at radius 3 is 2.75 bits per heavy atom. The third-order valence-electron chi connectivity index (χ3n) is 9.86. The second-order valence-electron chi connectivity index (χ2n) is 11.2. The molecule has 5 rings (SSSR count). The maximum absolute atomic E-state index is 13.5. The minimum atomic E-state index is -0.331. The number of rotatable bonds is 3. The van der Waals surface area contributed by atoms with Gasteiger partial charge in [-0.2, -0.15) is 0 Å². The molecule has 0 radical (unpaired) electrons. The largest absolute Gasteiger partial charge is 0.338 e. The van der Waals surface area contributed by atoms with E-state index in [1.165, 1.54) is 31.4 Å². The van der Waals surface area contributed by atoms with Gasteiger partial charge < -0.3 is 10.2 Å². The van der Waals surface area contributed by atoms with Gasteiger partial charge in [-0.25, -0.2) is 4.39 Å². The van der Waals surface area contributed by atoms with Gasteiger partial charge in [0, 0.05) is 30.6 Å². The van der Waals surface area contributed by atoms with Crippen LogP contribution in [0.4, 0.5) is 10.1 Å². The normalized spacial score (nSPS) is 40.4. The monoisotopic (exact) mass is 438 g/mol. The molecule has 5 heteroatoms. The molecule has 3 fully saturated rings. The SMILES string of the molecule is CN1C(=O)C=C[C@]2(C)C3CC[C@@]4(C)C(CC[C@@H]4CC(=O)Nc4cccc(F)c4)C3CCC12. The number of nitrogens with zero attached hydrogens (tertiary/aromatic N) is 1. The van der Waals surface area contributed by atoms with Crippen molar-refractivity contribution in [3.63, 3.8) is 0 Å². The van der Waals surface area contributed by atoms with Crippen LogP contribution in [0.3, 0.4) is 0 Å². The Balaban J connectivity index is 1.31. The first kappa shape index (κ1) is 21.7. The molecule has 0 bridgehead atoms. The Bertz CT molecular complexity index is 961. The molecule has 0 aromatic heterocycles. The Labute approximate surface area is 190 Å². The van der Waals surface area contributed by atoms with Gasteiger partial charge >= 0.3 is 0 Å². The van der Waals surface area contributed by atoms with E-state index in [0.717, 1.165) is 19.3 Å². The van der Waals surface area contributed by atoms with Crippen LogP contribution in [0, 0.1) is 40.3 Å². The molecule has 32 heavy (non-hydrogen) atoms. The summed E-state index contributed by atoms with van der Waals surface area (Å²) in [6.07, 6.45) is 11.4. The van der Waals surface area contributed by atoms with Crippen molar-refractivity contribution in [1.29, 1.82) is 0 Å². The number of hydrogen-bond acceptors (Lipinski definition) is 2. The topological polar surface area (TPSA) is 49.4 Å². The highest BCUT2D eigenvalue weighted by Gasteiger charge is 2.60. The van der Waals surface area contributed by atoms with E-state index < -0.39 is 0 Å².